The van der Waals surface area contributed by atoms with Gasteiger partial charge in [0.1, 0.15) is 17.2 Å². The maximum atomic E-state index is 11.6. The summed E-state index contributed by atoms with van der Waals surface area (Å²) in [5, 5.41) is 5.00. The molecule has 4 rings (SSSR count). The first-order valence-electron chi connectivity index (χ1n) is 9.31. The van der Waals surface area contributed by atoms with Gasteiger partial charge in [-0.2, -0.15) is 5.10 Å². The lowest BCUT2D eigenvalue weighted by atomic mass is 10.1. The lowest BCUT2D eigenvalue weighted by Crippen LogP contribution is -2.12. The SMILES string of the molecule is CCOc1cc(Oc2ccc3cc(C(N)=O)c(OC)cc3n2)cc(-n2cccn2)c1. The molecule has 152 valence electrons. The number of hydrogen-bond acceptors (Lipinski definition) is 6. The minimum absolute atomic E-state index is 0.300. The molecule has 2 aromatic heterocycles. The summed E-state index contributed by atoms with van der Waals surface area (Å²) in [6.45, 7) is 2.44. The van der Waals surface area contributed by atoms with E-state index in [-0.39, 0.29) is 0 Å². The number of nitrogens with zero attached hydrogens (tertiary/aromatic N) is 3. The summed E-state index contributed by atoms with van der Waals surface area (Å²) in [4.78, 5) is 16.2. The van der Waals surface area contributed by atoms with Crippen molar-refractivity contribution in [3.8, 4) is 28.8 Å². The van der Waals surface area contributed by atoms with E-state index in [4.69, 9.17) is 19.9 Å². The van der Waals surface area contributed by atoms with Gasteiger partial charge in [0, 0.05) is 48.1 Å². The van der Waals surface area contributed by atoms with Gasteiger partial charge >= 0.3 is 0 Å². The lowest BCUT2D eigenvalue weighted by molar-refractivity contribution is 0.0997. The predicted octanol–water partition coefficient (Wildman–Crippen LogP) is 3.72. The Hall–Kier alpha value is -4.07. The van der Waals surface area contributed by atoms with Crippen LogP contribution in [0, 0.1) is 0 Å². The zero-order valence-corrected chi connectivity index (χ0v) is 16.5. The molecule has 0 atom stereocenters. The van der Waals surface area contributed by atoms with Crippen molar-refractivity contribution < 1.29 is 19.0 Å². The summed E-state index contributed by atoms with van der Waals surface area (Å²) in [5.41, 5.74) is 7.14. The van der Waals surface area contributed by atoms with Crippen molar-refractivity contribution in [1.82, 2.24) is 14.8 Å². The summed E-state index contributed by atoms with van der Waals surface area (Å²) in [5.74, 6) is 1.40. The Morgan fingerprint density at radius 3 is 2.67 bits per heavy atom. The minimum atomic E-state index is -0.562. The fourth-order valence-corrected chi connectivity index (χ4v) is 3.09. The monoisotopic (exact) mass is 404 g/mol. The van der Waals surface area contributed by atoms with Crippen LogP contribution in [0.4, 0.5) is 0 Å². The lowest BCUT2D eigenvalue weighted by Gasteiger charge is -2.12. The number of methoxy groups -OCH3 is 1. The maximum absolute atomic E-state index is 11.6. The quantitative estimate of drug-likeness (QED) is 0.504. The molecular formula is C22H20N4O4. The van der Waals surface area contributed by atoms with Crippen LogP contribution in [-0.4, -0.2) is 34.4 Å². The number of hydrogen-bond donors (Lipinski definition) is 1. The van der Waals surface area contributed by atoms with Gasteiger partial charge in [-0.25, -0.2) is 9.67 Å². The number of rotatable bonds is 7. The maximum Gasteiger partial charge on any atom is 0.252 e. The van der Waals surface area contributed by atoms with Crippen LogP contribution in [0.15, 0.2) is 60.9 Å². The van der Waals surface area contributed by atoms with E-state index in [2.05, 4.69) is 10.1 Å². The number of amides is 1. The highest BCUT2D eigenvalue weighted by molar-refractivity contribution is 6.00. The highest BCUT2D eigenvalue weighted by Crippen LogP contribution is 2.31. The van der Waals surface area contributed by atoms with Crippen LogP contribution in [0.1, 0.15) is 17.3 Å². The molecule has 4 aromatic rings. The van der Waals surface area contributed by atoms with Crippen molar-refractivity contribution in [1.29, 1.82) is 0 Å². The molecule has 0 fully saturated rings. The molecule has 8 nitrogen and oxygen atoms in total. The van der Waals surface area contributed by atoms with Crippen LogP contribution in [0.5, 0.6) is 23.1 Å². The number of carbonyl (C=O) groups is 1. The van der Waals surface area contributed by atoms with E-state index in [1.807, 2.05) is 37.4 Å². The number of carbonyl (C=O) groups excluding carboxylic acids is 1. The summed E-state index contributed by atoms with van der Waals surface area (Å²) in [6, 6.07) is 14.2. The van der Waals surface area contributed by atoms with Gasteiger partial charge in [-0.05, 0) is 25.1 Å². The number of benzene rings is 2. The smallest absolute Gasteiger partial charge is 0.252 e. The minimum Gasteiger partial charge on any atom is -0.496 e. The van der Waals surface area contributed by atoms with Gasteiger partial charge in [0.15, 0.2) is 0 Å². The van der Waals surface area contributed by atoms with Crippen LogP contribution < -0.4 is 19.9 Å². The molecule has 0 aliphatic rings. The van der Waals surface area contributed by atoms with Gasteiger partial charge in [0.05, 0.1) is 30.5 Å². The van der Waals surface area contributed by atoms with Gasteiger partial charge in [0.25, 0.3) is 5.91 Å². The summed E-state index contributed by atoms with van der Waals surface area (Å²) in [7, 11) is 1.48. The largest absolute Gasteiger partial charge is 0.496 e. The fraction of sp³-hybridized carbons (Fsp3) is 0.136. The second-order valence-electron chi connectivity index (χ2n) is 6.41. The van der Waals surface area contributed by atoms with Crippen LogP contribution in [0.25, 0.3) is 16.6 Å². The molecule has 1 amide bonds. The van der Waals surface area contributed by atoms with Crippen molar-refractivity contribution in [2.45, 2.75) is 6.92 Å². The number of aromatic nitrogens is 3. The molecule has 2 aromatic carbocycles. The van der Waals surface area contributed by atoms with E-state index in [9.17, 15) is 4.79 Å². The molecule has 8 heteroatoms. The van der Waals surface area contributed by atoms with E-state index in [1.54, 1.807) is 35.1 Å². The molecule has 0 aliphatic carbocycles. The first-order valence-corrected chi connectivity index (χ1v) is 9.31. The zero-order valence-electron chi connectivity index (χ0n) is 16.5. The van der Waals surface area contributed by atoms with Crippen molar-refractivity contribution in [3.05, 3.63) is 66.5 Å². The van der Waals surface area contributed by atoms with E-state index >= 15 is 0 Å². The second-order valence-corrected chi connectivity index (χ2v) is 6.41. The molecular weight excluding hydrogens is 384 g/mol. The Balaban J connectivity index is 1.71. The van der Waals surface area contributed by atoms with Gasteiger partial charge in [-0.15, -0.1) is 0 Å². The number of pyridine rings is 1. The van der Waals surface area contributed by atoms with E-state index in [1.165, 1.54) is 7.11 Å². The first kappa shape index (κ1) is 19.3. The Morgan fingerprint density at radius 2 is 1.97 bits per heavy atom. The Labute approximate surface area is 172 Å². The van der Waals surface area contributed by atoms with Crippen molar-refractivity contribution >= 4 is 16.8 Å². The van der Waals surface area contributed by atoms with Gasteiger partial charge in [-0.3, -0.25) is 4.79 Å². The highest BCUT2D eigenvalue weighted by atomic mass is 16.5. The van der Waals surface area contributed by atoms with Crippen molar-refractivity contribution in [2.24, 2.45) is 5.73 Å². The Morgan fingerprint density at radius 1 is 1.13 bits per heavy atom. The topological polar surface area (TPSA) is 101 Å². The highest BCUT2D eigenvalue weighted by Gasteiger charge is 2.13. The average Bonchev–Trinajstić information content (AvgIpc) is 3.27. The van der Waals surface area contributed by atoms with Crippen LogP contribution in [-0.2, 0) is 0 Å². The number of primary amides is 1. The third-order valence-electron chi connectivity index (χ3n) is 4.42. The van der Waals surface area contributed by atoms with E-state index in [0.29, 0.717) is 40.8 Å². The van der Waals surface area contributed by atoms with Crippen molar-refractivity contribution in [2.75, 3.05) is 13.7 Å². The summed E-state index contributed by atoms with van der Waals surface area (Å²) >= 11 is 0. The van der Waals surface area contributed by atoms with Crippen LogP contribution in [0.3, 0.4) is 0 Å². The fourth-order valence-electron chi connectivity index (χ4n) is 3.09. The van der Waals surface area contributed by atoms with Crippen molar-refractivity contribution in [3.63, 3.8) is 0 Å². The molecule has 0 saturated heterocycles. The van der Waals surface area contributed by atoms with Crippen LogP contribution >= 0.6 is 0 Å². The third-order valence-corrected chi connectivity index (χ3v) is 4.42. The van der Waals surface area contributed by atoms with Gasteiger partial charge in [-0.1, -0.05) is 0 Å². The van der Waals surface area contributed by atoms with E-state index < -0.39 is 5.91 Å². The molecule has 0 saturated carbocycles. The molecule has 0 radical (unpaired) electrons. The molecule has 2 N–H and O–H groups in total. The second kappa shape index (κ2) is 8.12. The Kier molecular flexibility index (Phi) is 5.21. The van der Waals surface area contributed by atoms with E-state index in [0.717, 1.165) is 11.1 Å². The summed E-state index contributed by atoms with van der Waals surface area (Å²) in [6.07, 6.45) is 3.54. The molecule has 0 aliphatic heterocycles. The molecule has 0 bridgehead atoms. The molecule has 0 spiro atoms. The molecule has 30 heavy (non-hydrogen) atoms. The first-order chi connectivity index (χ1) is 14.6. The predicted molar refractivity (Wildman–Crippen MR) is 112 cm³/mol. The average molecular weight is 404 g/mol. The third kappa shape index (κ3) is 3.88. The number of nitrogens with two attached hydrogens (primary N) is 1. The van der Waals surface area contributed by atoms with Crippen LogP contribution in [0.2, 0.25) is 0 Å². The zero-order chi connectivity index (χ0) is 21.1. The summed E-state index contributed by atoms with van der Waals surface area (Å²) < 4.78 is 18.6. The standard InChI is InChI=1S/C22H20N4O4/c1-3-29-16-10-15(26-8-4-7-24-26)11-17(12-16)30-21-6-5-14-9-18(22(23)27)20(28-2)13-19(14)25-21/h4-13H,3H2,1-2H3,(H2,23,27). The Bertz CT molecular complexity index is 1210. The number of ether oxygens (including phenoxy) is 3. The molecule has 2 heterocycles. The van der Waals surface area contributed by atoms with Gasteiger partial charge < -0.3 is 19.9 Å². The molecule has 0 unspecified atom stereocenters. The number of fused-ring (bicyclic) bond motifs is 1. The van der Waals surface area contributed by atoms with Gasteiger partial charge in [0.2, 0.25) is 5.88 Å². The normalized spacial score (nSPS) is 10.7.